The highest BCUT2D eigenvalue weighted by Crippen LogP contribution is 2.59. The summed E-state index contributed by atoms with van der Waals surface area (Å²) < 4.78 is 38.5. The molecule has 112 valence electrons. The van der Waals surface area contributed by atoms with Gasteiger partial charge in [0.1, 0.15) is 0 Å². The van der Waals surface area contributed by atoms with E-state index in [0.29, 0.717) is 6.54 Å². The second-order valence-electron chi connectivity index (χ2n) is 6.12. The topological polar surface area (TPSA) is 26.0 Å². The first-order valence-electron chi connectivity index (χ1n) is 7.19. The second-order valence-corrected chi connectivity index (χ2v) is 6.12. The molecule has 2 N–H and O–H groups in total. The predicted octanol–water partition coefficient (Wildman–Crippen LogP) is 4.50. The van der Waals surface area contributed by atoms with E-state index in [1.54, 1.807) is 6.07 Å². The van der Waals surface area contributed by atoms with Crippen molar-refractivity contribution in [2.45, 2.75) is 51.1 Å². The van der Waals surface area contributed by atoms with Gasteiger partial charge in [-0.15, -0.1) is 0 Å². The number of rotatable bonds is 4. The number of hydrogen-bond acceptors (Lipinski definition) is 1. The van der Waals surface area contributed by atoms with E-state index in [9.17, 15) is 13.2 Å². The summed E-state index contributed by atoms with van der Waals surface area (Å²) in [5.41, 5.74) is 6.06. The highest BCUT2D eigenvalue weighted by atomic mass is 19.4. The van der Waals surface area contributed by atoms with Crippen molar-refractivity contribution in [3.63, 3.8) is 0 Å². The van der Waals surface area contributed by atoms with Gasteiger partial charge in [-0.05, 0) is 29.9 Å². The number of hydrogen-bond donors (Lipinski definition) is 1. The van der Waals surface area contributed by atoms with Crippen LogP contribution < -0.4 is 5.73 Å². The second kappa shape index (κ2) is 5.06. The summed E-state index contributed by atoms with van der Waals surface area (Å²) >= 11 is 0. The van der Waals surface area contributed by atoms with Crippen LogP contribution in [0.4, 0.5) is 13.2 Å². The van der Waals surface area contributed by atoms with Gasteiger partial charge in [0.15, 0.2) is 0 Å². The highest BCUT2D eigenvalue weighted by molar-refractivity contribution is 5.35. The van der Waals surface area contributed by atoms with Crippen molar-refractivity contribution in [3.8, 4) is 0 Å². The first-order valence-corrected chi connectivity index (χ1v) is 7.19. The Morgan fingerprint density at radius 3 is 2.20 bits per heavy atom. The molecule has 0 spiro atoms. The lowest BCUT2D eigenvalue weighted by atomic mass is 9.48. The maximum Gasteiger partial charge on any atom is 0.416 e. The van der Waals surface area contributed by atoms with Crippen molar-refractivity contribution >= 4 is 0 Å². The Balaban J connectivity index is 2.31. The molecule has 1 aromatic rings. The zero-order valence-electron chi connectivity index (χ0n) is 12.1. The molecule has 1 aliphatic carbocycles. The predicted molar refractivity (Wildman–Crippen MR) is 74.4 cm³/mol. The molecule has 1 aromatic carbocycles. The Kier molecular flexibility index (Phi) is 3.89. The third-order valence-electron chi connectivity index (χ3n) is 5.12. The molecule has 1 saturated carbocycles. The van der Waals surface area contributed by atoms with E-state index in [0.717, 1.165) is 37.3 Å². The van der Waals surface area contributed by atoms with E-state index in [4.69, 9.17) is 5.73 Å². The third-order valence-corrected chi connectivity index (χ3v) is 5.12. The lowest BCUT2D eigenvalue weighted by molar-refractivity contribution is -0.137. The Morgan fingerprint density at radius 2 is 1.75 bits per heavy atom. The van der Waals surface area contributed by atoms with Crippen LogP contribution in [0.3, 0.4) is 0 Å². The van der Waals surface area contributed by atoms with Crippen LogP contribution in [-0.4, -0.2) is 6.54 Å². The van der Waals surface area contributed by atoms with Crippen molar-refractivity contribution in [2.24, 2.45) is 11.1 Å². The van der Waals surface area contributed by atoms with Gasteiger partial charge < -0.3 is 5.73 Å². The fraction of sp³-hybridized carbons (Fsp3) is 0.625. The Labute approximate surface area is 118 Å². The monoisotopic (exact) mass is 285 g/mol. The van der Waals surface area contributed by atoms with Gasteiger partial charge in [-0.1, -0.05) is 44.9 Å². The molecule has 0 unspecified atom stereocenters. The summed E-state index contributed by atoms with van der Waals surface area (Å²) in [6.45, 7) is 4.71. The van der Waals surface area contributed by atoms with Crippen LogP contribution in [0.15, 0.2) is 24.3 Å². The number of benzene rings is 1. The van der Waals surface area contributed by atoms with Gasteiger partial charge in [0.25, 0.3) is 0 Å². The average Bonchev–Trinajstić information content (AvgIpc) is 2.39. The van der Waals surface area contributed by atoms with Crippen molar-refractivity contribution in [1.29, 1.82) is 0 Å². The molecular weight excluding hydrogens is 263 g/mol. The Bertz CT molecular complexity index is 467. The number of nitrogens with two attached hydrogens (primary N) is 1. The summed E-state index contributed by atoms with van der Waals surface area (Å²) in [7, 11) is 0. The lowest BCUT2D eigenvalue weighted by Gasteiger charge is -2.56. The van der Waals surface area contributed by atoms with Crippen molar-refractivity contribution in [1.82, 2.24) is 0 Å². The Morgan fingerprint density at radius 1 is 1.15 bits per heavy atom. The lowest BCUT2D eigenvalue weighted by Crippen LogP contribution is -2.53. The molecule has 0 bridgehead atoms. The molecule has 0 atom stereocenters. The van der Waals surface area contributed by atoms with Gasteiger partial charge in [0.05, 0.1) is 5.56 Å². The molecular formula is C16H22F3N. The minimum Gasteiger partial charge on any atom is -0.330 e. The molecule has 0 amide bonds. The average molecular weight is 285 g/mol. The molecule has 1 fully saturated rings. The largest absolute Gasteiger partial charge is 0.416 e. The summed E-state index contributed by atoms with van der Waals surface area (Å²) in [5.74, 6) is 0. The molecule has 0 aromatic heterocycles. The summed E-state index contributed by atoms with van der Waals surface area (Å²) in [6, 6.07) is 5.69. The van der Waals surface area contributed by atoms with E-state index in [-0.39, 0.29) is 10.8 Å². The molecule has 1 aliphatic rings. The van der Waals surface area contributed by atoms with Crippen molar-refractivity contribution in [2.75, 3.05) is 6.54 Å². The fourth-order valence-electron chi connectivity index (χ4n) is 3.63. The van der Waals surface area contributed by atoms with Gasteiger partial charge in [-0.2, -0.15) is 13.2 Å². The van der Waals surface area contributed by atoms with Gasteiger partial charge in [-0.3, -0.25) is 0 Å². The number of alkyl halides is 3. The fourth-order valence-corrected chi connectivity index (χ4v) is 3.63. The molecule has 1 nitrogen and oxygen atoms in total. The van der Waals surface area contributed by atoms with Crippen molar-refractivity contribution in [3.05, 3.63) is 35.4 Å². The smallest absolute Gasteiger partial charge is 0.330 e. The summed E-state index contributed by atoms with van der Waals surface area (Å²) in [5, 5.41) is 0. The first kappa shape index (κ1) is 15.4. The van der Waals surface area contributed by atoms with Crippen LogP contribution in [0.25, 0.3) is 0 Å². The number of halogens is 3. The maximum absolute atomic E-state index is 12.8. The standard InChI is InChI=1S/C16H22F3N/c1-3-14(4-2)9-15(10-14,11-20)12-6-5-7-13(8-12)16(17,18)19/h5-8H,3-4,9-11,20H2,1-2H3. The zero-order chi connectivity index (χ0) is 15.0. The summed E-state index contributed by atoms with van der Waals surface area (Å²) in [6.07, 6.45) is -0.383. The van der Waals surface area contributed by atoms with Crippen LogP contribution in [0, 0.1) is 5.41 Å². The molecule has 0 aliphatic heterocycles. The van der Waals surface area contributed by atoms with Gasteiger partial charge in [-0.25, -0.2) is 0 Å². The molecule has 0 saturated heterocycles. The zero-order valence-corrected chi connectivity index (χ0v) is 12.1. The minimum atomic E-state index is -4.29. The van der Waals surface area contributed by atoms with Crippen LogP contribution in [0.5, 0.6) is 0 Å². The van der Waals surface area contributed by atoms with E-state index in [2.05, 4.69) is 13.8 Å². The molecule has 20 heavy (non-hydrogen) atoms. The molecule has 0 heterocycles. The van der Waals surface area contributed by atoms with Crippen LogP contribution in [0.1, 0.15) is 50.7 Å². The van der Waals surface area contributed by atoms with Crippen molar-refractivity contribution < 1.29 is 13.2 Å². The minimum absolute atomic E-state index is 0.258. The van der Waals surface area contributed by atoms with Crippen LogP contribution in [-0.2, 0) is 11.6 Å². The van der Waals surface area contributed by atoms with E-state index < -0.39 is 11.7 Å². The maximum atomic E-state index is 12.8. The van der Waals surface area contributed by atoms with Gasteiger partial charge in [0.2, 0.25) is 0 Å². The molecule has 0 radical (unpaired) electrons. The Hall–Kier alpha value is -1.03. The molecule has 4 heteroatoms. The molecule has 2 rings (SSSR count). The third kappa shape index (κ3) is 2.46. The highest BCUT2D eigenvalue weighted by Gasteiger charge is 2.52. The van der Waals surface area contributed by atoms with E-state index in [1.165, 1.54) is 12.1 Å². The van der Waals surface area contributed by atoms with E-state index >= 15 is 0 Å². The summed E-state index contributed by atoms with van der Waals surface area (Å²) in [4.78, 5) is 0. The first-order chi connectivity index (χ1) is 9.31. The van der Waals surface area contributed by atoms with Gasteiger partial charge in [0, 0.05) is 12.0 Å². The van der Waals surface area contributed by atoms with E-state index in [1.807, 2.05) is 0 Å². The quantitative estimate of drug-likeness (QED) is 0.866. The SMILES string of the molecule is CCC1(CC)CC(CN)(c2cccc(C(F)(F)F)c2)C1. The van der Waals surface area contributed by atoms with Crippen LogP contribution in [0.2, 0.25) is 0 Å². The normalized spacial score (nSPS) is 20.5. The van der Waals surface area contributed by atoms with Crippen LogP contribution >= 0.6 is 0 Å². The van der Waals surface area contributed by atoms with Gasteiger partial charge >= 0.3 is 6.18 Å².